The van der Waals surface area contributed by atoms with Crippen molar-refractivity contribution in [3.8, 4) is 0 Å². The van der Waals surface area contributed by atoms with Crippen LogP contribution in [0.15, 0.2) is 10.9 Å². The van der Waals surface area contributed by atoms with Crippen molar-refractivity contribution in [3.05, 3.63) is 22.1 Å². The second kappa shape index (κ2) is 5.20. The molecule has 0 unspecified atom stereocenters. The summed E-state index contributed by atoms with van der Waals surface area (Å²) >= 11 is 0. The Morgan fingerprint density at radius 2 is 2.00 bits per heavy atom. The van der Waals surface area contributed by atoms with Crippen LogP contribution in [0.1, 0.15) is 25.5 Å². The molecule has 1 aliphatic heterocycles. The van der Waals surface area contributed by atoms with E-state index in [-0.39, 0.29) is 11.5 Å². The first kappa shape index (κ1) is 12.6. The fraction of sp³-hybridized carbons (Fsp3) is 0.583. The van der Waals surface area contributed by atoms with Crippen LogP contribution in [0.3, 0.4) is 0 Å². The van der Waals surface area contributed by atoms with Crippen LogP contribution in [0, 0.1) is 0 Å². The normalized spacial score (nSPS) is 16.2. The number of anilines is 1. The molecule has 0 saturated carbocycles. The van der Waals surface area contributed by atoms with Gasteiger partial charge in [-0.25, -0.2) is 4.98 Å². The minimum absolute atomic E-state index is 0.124. The van der Waals surface area contributed by atoms with Gasteiger partial charge in [0.25, 0.3) is 5.56 Å². The summed E-state index contributed by atoms with van der Waals surface area (Å²) < 4.78 is 0. The Kier molecular flexibility index (Phi) is 3.64. The maximum Gasteiger partial charge on any atom is 0.252 e. The number of piperazine rings is 1. The van der Waals surface area contributed by atoms with Gasteiger partial charge in [-0.1, -0.05) is 13.8 Å². The highest BCUT2D eigenvalue weighted by Crippen LogP contribution is 2.14. The fourth-order valence-corrected chi connectivity index (χ4v) is 1.95. The van der Waals surface area contributed by atoms with E-state index >= 15 is 0 Å². The van der Waals surface area contributed by atoms with Gasteiger partial charge in [0, 0.05) is 32.2 Å². The van der Waals surface area contributed by atoms with Crippen molar-refractivity contribution < 1.29 is 4.79 Å². The van der Waals surface area contributed by atoms with Crippen LogP contribution in [0.4, 0.5) is 5.95 Å². The molecule has 2 rings (SSSR count). The summed E-state index contributed by atoms with van der Waals surface area (Å²) in [5.41, 5.74) is 0.674. The van der Waals surface area contributed by atoms with E-state index in [0.717, 1.165) is 12.1 Å². The van der Waals surface area contributed by atoms with Crippen LogP contribution >= 0.6 is 0 Å². The first-order valence-electron chi connectivity index (χ1n) is 6.15. The number of hydrogen-bond acceptors (Lipinski definition) is 4. The van der Waals surface area contributed by atoms with Gasteiger partial charge in [-0.2, -0.15) is 0 Å². The molecule has 1 aromatic rings. The Hall–Kier alpha value is -1.85. The number of amides is 1. The summed E-state index contributed by atoms with van der Waals surface area (Å²) in [5, 5.41) is 0. The molecule has 0 radical (unpaired) electrons. The quantitative estimate of drug-likeness (QED) is 0.776. The molecule has 98 valence electrons. The molecule has 6 heteroatoms. The van der Waals surface area contributed by atoms with Crippen LogP contribution in [0.25, 0.3) is 0 Å². The molecule has 0 atom stereocenters. The van der Waals surface area contributed by atoms with Crippen LogP contribution < -0.4 is 10.5 Å². The van der Waals surface area contributed by atoms with E-state index in [0.29, 0.717) is 32.1 Å². The lowest BCUT2D eigenvalue weighted by Gasteiger charge is -2.32. The van der Waals surface area contributed by atoms with Gasteiger partial charge in [0.05, 0.1) is 5.69 Å². The number of aromatic nitrogens is 2. The first-order chi connectivity index (χ1) is 8.60. The second-order valence-corrected chi connectivity index (χ2v) is 4.78. The number of nitrogens with one attached hydrogen (secondary N) is 1. The molecular weight excluding hydrogens is 232 g/mol. The predicted molar refractivity (Wildman–Crippen MR) is 68.8 cm³/mol. The largest absolute Gasteiger partial charge is 0.342 e. The Labute approximate surface area is 106 Å². The summed E-state index contributed by atoms with van der Waals surface area (Å²) in [7, 11) is 0. The zero-order valence-corrected chi connectivity index (χ0v) is 10.7. The molecule has 1 N–H and O–H groups in total. The van der Waals surface area contributed by atoms with Crippen molar-refractivity contribution in [3.63, 3.8) is 0 Å². The number of H-pyrrole nitrogens is 1. The third kappa shape index (κ3) is 2.69. The highest BCUT2D eigenvalue weighted by Gasteiger charge is 2.18. The summed E-state index contributed by atoms with van der Waals surface area (Å²) in [6.07, 6.45) is 0.859. The summed E-state index contributed by atoms with van der Waals surface area (Å²) in [6.45, 7) is 6.75. The highest BCUT2D eigenvalue weighted by molar-refractivity contribution is 5.48. The van der Waals surface area contributed by atoms with E-state index in [1.807, 2.05) is 18.7 Å². The highest BCUT2D eigenvalue weighted by atomic mass is 16.1. The molecule has 2 heterocycles. The van der Waals surface area contributed by atoms with Crippen LogP contribution in [-0.4, -0.2) is 47.5 Å². The van der Waals surface area contributed by atoms with E-state index in [9.17, 15) is 9.59 Å². The smallest absolute Gasteiger partial charge is 0.252 e. The zero-order chi connectivity index (χ0) is 13.1. The van der Waals surface area contributed by atoms with Gasteiger partial charge >= 0.3 is 0 Å². The van der Waals surface area contributed by atoms with Crippen LogP contribution in [0.2, 0.25) is 0 Å². The number of rotatable bonds is 3. The van der Waals surface area contributed by atoms with Gasteiger partial charge in [0.1, 0.15) is 0 Å². The molecular formula is C12H18N4O2. The van der Waals surface area contributed by atoms with Crippen LogP contribution in [0.5, 0.6) is 0 Å². The van der Waals surface area contributed by atoms with Crippen molar-refractivity contribution in [2.24, 2.45) is 0 Å². The molecule has 1 aliphatic rings. The number of carbonyl (C=O) groups is 1. The van der Waals surface area contributed by atoms with Gasteiger partial charge in [-0.3, -0.25) is 14.6 Å². The van der Waals surface area contributed by atoms with E-state index in [1.54, 1.807) is 4.90 Å². The topological polar surface area (TPSA) is 69.3 Å². The van der Waals surface area contributed by atoms with Crippen molar-refractivity contribution in [2.75, 3.05) is 31.1 Å². The Bertz CT molecular complexity index is 475. The number of hydrogen-bond donors (Lipinski definition) is 1. The molecule has 0 spiro atoms. The number of nitrogens with zero attached hydrogens (tertiary/aromatic N) is 3. The van der Waals surface area contributed by atoms with Gasteiger partial charge in [0.15, 0.2) is 0 Å². The Balaban J connectivity index is 2.18. The molecule has 0 aromatic carbocycles. The Morgan fingerprint density at radius 3 is 2.56 bits per heavy atom. The summed E-state index contributed by atoms with van der Waals surface area (Å²) in [4.78, 5) is 33.2. The second-order valence-electron chi connectivity index (χ2n) is 4.78. The molecule has 1 amide bonds. The number of carbonyl (C=O) groups excluding carboxylic acids is 1. The van der Waals surface area contributed by atoms with E-state index in [2.05, 4.69) is 9.97 Å². The first-order valence-corrected chi connectivity index (χ1v) is 6.15. The lowest BCUT2D eigenvalue weighted by Crippen LogP contribution is -2.46. The van der Waals surface area contributed by atoms with Crippen molar-refractivity contribution >= 4 is 12.4 Å². The predicted octanol–water partition coefficient (Wildman–Crippen LogP) is 0.172. The minimum atomic E-state index is -0.124. The van der Waals surface area contributed by atoms with Gasteiger partial charge in [0.2, 0.25) is 12.4 Å². The van der Waals surface area contributed by atoms with Crippen molar-refractivity contribution in [1.82, 2.24) is 14.9 Å². The van der Waals surface area contributed by atoms with Gasteiger partial charge < -0.3 is 9.80 Å². The molecule has 6 nitrogen and oxygen atoms in total. The van der Waals surface area contributed by atoms with E-state index in [1.165, 1.54) is 6.07 Å². The maximum absolute atomic E-state index is 11.6. The average Bonchev–Trinajstić information content (AvgIpc) is 2.38. The van der Waals surface area contributed by atoms with Crippen LogP contribution in [-0.2, 0) is 4.79 Å². The standard InChI is InChI=1S/C12H18N4O2/c1-9(2)10-7-11(18)14-12(13-10)16-5-3-15(8-17)4-6-16/h7-9H,3-6H2,1-2H3,(H,13,14,18). The molecule has 0 bridgehead atoms. The van der Waals surface area contributed by atoms with Gasteiger partial charge in [-0.05, 0) is 5.92 Å². The lowest BCUT2D eigenvalue weighted by atomic mass is 10.1. The Morgan fingerprint density at radius 1 is 1.33 bits per heavy atom. The lowest BCUT2D eigenvalue weighted by molar-refractivity contribution is -0.118. The van der Waals surface area contributed by atoms with Crippen molar-refractivity contribution in [2.45, 2.75) is 19.8 Å². The molecule has 1 saturated heterocycles. The van der Waals surface area contributed by atoms with Gasteiger partial charge in [-0.15, -0.1) is 0 Å². The third-order valence-electron chi connectivity index (χ3n) is 3.10. The molecule has 18 heavy (non-hydrogen) atoms. The minimum Gasteiger partial charge on any atom is -0.342 e. The monoisotopic (exact) mass is 250 g/mol. The fourth-order valence-electron chi connectivity index (χ4n) is 1.95. The summed E-state index contributed by atoms with van der Waals surface area (Å²) in [6, 6.07) is 1.54. The third-order valence-corrected chi connectivity index (χ3v) is 3.10. The van der Waals surface area contributed by atoms with Crippen molar-refractivity contribution in [1.29, 1.82) is 0 Å². The van der Waals surface area contributed by atoms with E-state index in [4.69, 9.17) is 0 Å². The molecule has 0 aliphatic carbocycles. The SMILES string of the molecule is CC(C)c1cc(=O)[nH]c(N2CCN(C=O)CC2)n1. The average molecular weight is 250 g/mol. The maximum atomic E-state index is 11.6. The summed E-state index contributed by atoms with van der Waals surface area (Å²) in [5.74, 6) is 0.832. The number of aromatic amines is 1. The zero-order valence-electron chi connectivity index (χ0n) is 10.7. The molecule has 1 aromatic heterocycles. The van der Waals surface area contributed by atoms with E-state index < -0.39 is 0 Å². The molecule has 1 fully saturated rings.